The standard InChI is InChI=1S/C19H17F4NO4/c1-11(28-16-5-3-2-4-15(16)19(21,22)23)17(25)24-10-14(18(26)27)12-6-8-13(20)9-7-12/h2-9,11,14H,10H2,1H3,(H,24,25)(H,26,27). The van der Waals surface area contributed by atoms with E-state index in [4.69, 9.17) is 4.74 Å². The second-order valence-corrected chi connectivity index (χ2v) is 5.94. The van der Waals surface area contributed by atoms with Gasteiger partial charge in [0.15, 0.2) is 6.10 Å². The van der Waals surface area contributed by atoms with Crippen LogP contribution in [0.3, 0.4) is 0 Å². The Balaban J connectivity index is 2.04. The summed E-state index contributed by atoms with van der Waals surface area (Å²) in [5.41, 5.74) is -0.755. The summed E-state index contributed by atoms with van der Waals surface area (Å²) in [5, 5.41) is 11.6. The third-order valence-corrected chi connectivity index (χ3v) is 3.92. The molecule has 0 aliphatic heterocycles. The zero-order chi connectivity index (χ0) is 20.9. The Labute approximate surface area is 157 Å². The van der Waals surface area contributed by atoms with Crippen molar-refractivity contribution in [1.29, 1.82) is 0 Å². The van der Waals surface area contributed by atoms with Gasteiger partial charge in [0.1, 0.15) is 11.6 Å². The summed E-state index contributed by atoms with van der Waals surface area (Å²) in [4.78, 5) is 23.6. The highest BCUT2D eigenvalue weighted by molar-refractivity contribution is 5.82. The van der Waals surface area contributed by atoms with Crippen LogP contribution >= 0.6 is 0 Å². The monoisotopic (exact) mass is 399 g/mol. The van der Waals surface area contributed by atoms with Gasteiger partial charge in [0.05, 0.1) is 11.5 Å². The van der Waals surface area contributed by atoms with Gasteiger partial charge in [-0.1, -0.05) is 24.3 Å². The molecule has 0 saturated heterocycles. The molecule has 150 valence electrons. The van der Waals surface area contributed by atoms with Crippen molar-refractivity contribution in [2.75, 3.05) is 6.54 Å². The number of alkyl halides is 3. The fraction of sp³-hybridized carbons (Fsp3) is 0.263. The minimum absolute atomic E-state index is 0.269. The van der Waals surface area contributed by atoms with E-state index in [-0.39, 0.29) is 12.1 Å². The molecule has 5 nitrogen and oxygen atoms in total. The second-order valence-electron chi connectivity index (χ2n) is 5.94. The Morgan fingerprint density at radius 3 is 2.29 bits per heavy atom. The van der Waals surface area contributed by atoms with Crippen molar-refractivity contribution < 1.29 is 37.0 Å². The number of para-hydroxylation sites is 1. The van der Waals surface area contributed by atoms with Crippen LogP contribution in [0.2, 0.25) is 0 Å². The molecule has 2 unspecified atom stereocenters. The van der Waals surface area contributed by atoms with E-state index in [2.05, 4.69) is 5.32 Å². The number of carboxylic acid groups (broad SMARTS) is 1. The topological polar surface area (TPSA) is 75.6 Å². The van der Waals surface area contributed by atoms with Gasteiger partial charge < -0.3 is 15.2 Å². The maximum Gasteiger partial charge on any atom is 0.419 e. The van der Waals surface area contributed by atoms with Gasteiger partial charge in [-0.25, -0.2) is 4.39 Å². The average Bonchev–Trinajstić information content (AvgIpc) is 2.62. The molecule has 9 heteroatoms. The van der Waals surface area contributed by atoms with Gasteiger partial charge in [-0.3, -0.25) is 9.59 Å². The van der Waals surface area contributed by atoms with Crippen LogP contribution in [0.4, 0.5) is 17.6 Å². The maximum atomic E-state index is 13.0. The van der Waals surface area contributed by atoms with E-state index in [0.717, 1.165) is 24.3 Å². The van der Waals surface area contributed by atoms with Gasteiger partial charge in [0.2, 0.25) is 0 Å². The molecule has 0 aromatic heterocycles. The van der Waals surface area contributed by atoms with Crippen LogP contribution in [0, 0.1) is 5.82 Å². The lowest BCUT2D eigenvalue weighted by Gasteiger charge is -2.19. The average molecular weight is 399 g/mol. The first-order chi connectivity index (χ1) is 13.1. The predicted octanol–water partition coefficient (Wildman–Crippen LogP) is 3.60. The Bertz CT molecular complexity index is 837. The number of carbonyl (C=O) groups excluding carboxylic acids is 1. The van der Waals surface area contributed by atoms with Crippen molar-refractivity contribution in [2.24, 2.45) is 0 Å². The Hall–Kier alpha value is -3.10. The molecular formula is C19H17F4NO4. The molecule has 0 fully saturated rings. The van der Waals surface area contributed by atoms with Gasteiger partial charge >= 0.3 is 12.1 Å². The summed E-state index contributed by atoms with van der Waals surface area (Å²) >= 11 is 0. The molecule has 0 spiro atoms. The molecule has 2 aromatic rings. The molecule has 2 rings (SSSR count). The predicted molar refractivity (Wildman–Crippen MR) is 91.3 cm³/mol. The van der Waals surface area contributed by atoms with Crippen LogP contribution in [0.5, 0.6) is 5.75 Å². The van der Waals surface area contributed by atoms with Crippen molar-refractivity contribution in [1.82, 2.24) is 5.32 Å². The SMILES string of the molecule is CC(Oc1ccccc1C(F)(F)F)C(=O)NCC(C(=O)O)c1ccc(F)cc1. The van der Waals surface area contributed by atoms with Gasteiger partial charge in [0, 0.05) is 6.54 Å². The van der Waals surface area contributed by atoms with E-state index >= 15 is 0 Å². The van der Waals surface area contributed by atoms with E-state index < -0.39 is 47.2 Å². The number of hydrogen-bond donors (Lipinski definition) is 2. The number of halogens is 4. The summed E-state index contributed by atoms with van der Waals surface area (Å²) in [6.45, 7) is 0.907. The molecule has 0 aliphatic rings. The summed E-state index contributed by atoms with van der Waals surface area (Å²) in [7, 11) is 0. The lowest BCUT2D eigenvalue weighted by Crippen LogP contribution is -2.40. The van der Waals surface area contributed by atoms with Gasteiger partial charge in [0.25, 0.3) is 5.91 Å². The maximum absolute atomic E-state index is 13.0. The van der Waals surface area contributed by atoms with Crippen LogP contribution in [-0.4, -0.2) is 29.6 Å². The summed E-state index contributed by atoms with van der Waals surface area (Å²) in [5.74, 6) is -4.24. The zero-order valence-electron chi connectivity index (χ0n) is 14.7. The van der Waals surface area contributed by atoms with Crippen LogP contribution in [0.1, 0.15) is 24.0 Å². The van der Waals surface area contributed by atoms with Crippen molar-refractivity contribution in [2.45, 2.75) is 25.1 Å². The van der Waals surface area contributed by atoms with Crippen LogP contribution < -0.4 is 10.1 Å². The minimum Gasteiger partial charge on any atom is -0.481 e. The van der Waals surface area contributed by atoms with E-state index in [1.54, 1.807) is 0 Å². The summed E-state index contributed by atoms with van der Waals surface area (Å²) in [6, 6.07) is 9.18. The molecule has 28 heavy (non-hydrogen) atoms. The Kier molecular flexibility index (Phi) is 6.61. The van der Waals surface area contributed by atoms with Gasteiger partial charge in [-0.15, -0.1) is 0 Å². The molecule has 0 bridgehead atoms. The fourth-order valence-corrected chi connectivity index (χ4v) is 2.44. The number of nitrogens with one attached hydrogen (secondary N) is 1. The molecule has 2 atom stereocenters. The number of carbonyl (C=O) groups is 2. The smallest absolute Gasteiger partial charge is 0.419 e. The number of amides is 1. The van der Waals surface area contributed by atoms with Crippen molar-refractivity contribution in [3.8, 4) is 5.75 Å². The number of ether oxygens (including phenoxy) is 1. The molecular weight excluding hydrogens is 382 g/mol. The van der Waals surface area contributed by atoms with E-state index in [0.29, 0.717) is 0 Å². The van der Waals surface area contributed by atoms with Crippen molar-refractivity contribution in [3.05, 3.63) is 65.5 Å². The molecule has 2 aromatic carbocycles. The highest BCUT2D eigenvalue weighted by atomic mass is 19.4. The fourth-order valence-electron chi connectivity index (χ4n) is 2.44. The number of benzene rings is 2. The molecule has 0 saturated carbocycles. The van der Waals surface area contributed by atoms with E-state index in [1.807, 2.05) is 0 Å². The van der Waals surface area contributed by atoms with Crippen LogP contribution in [0.15, 0.2) is 48.5 Å². The second kappa shape index (κ2) is 8.73. The van der Waals surface area contributed by atoms with Gasteiger partial charge in [-0.2, -0.15) is 13.2 Å². The summed E-state index contributed by atoms with van der Waals surface area (Å²) < 4.78 is 57.1. The highest BCUT2D eigenvalue weighted by Gasteiger charge is 2.35. The minimum atomic E-state index is -4.65. The Morgan fingerprint density at radius 2 is 1.71 bits per heavy atom. The molecule has 2 N–H and O–H groups in total. The van der Waals surface area contributed by atoms with Crippen molar-refractivity contribution >= 4 is 11.9 Å². The number of aliphatic carboxylic acids is 1. The summed E-state index contributed by atoms with van der Waals surface area (Å²) in [6.07, 6.45) is -5.95. The number of rotatable bonds is 7. The number of carboxylic acids is 1. The largest absolute Gasteiger partial charge is 0.481 e. The molecule has 0 radical (unpaired) electrons. The van der Waals surface area contributed by atoms with Gasteiger partial charge in [-0.05, 0) is 36.8 Å². The quantitative estimate of drug-likeness (QED) is 0.698. The van der Waals surface area contributed by atoms with Crippen LogP contribution in [-0.2, 0) is 15.8 Å². The molecule has 0 aliphatic carbocycles. The Morgan fingerprint density at radius 1 is 1.11 bits per heavy atom. The van der Waals surface area contributed by atoms with E-state index in [9.17, 15) is 32.3 Å². The number of hydrogen-bond acceptors (Lipinski definition) is 3. The van der Waals surface area contributed by atoms with Crippen molar-refractivity contribution in [3.63, 3.8) is 0 Å². The molecule has 0 heterocycles. The highest BCUT2D eigenvalue weighted by Crippen LogP contribution is 2.36. The lowest BCUT2D eigenvalue weighted by atomic mass is 9.99. The third-order valence-electron chi connectivity index (χ3n) is 3.92. The van der Waals surface area contributed by atoms with Crippen LogP contribution in [0.25, 0.3) is 0 Å². The first-order valence-electron chi connectivity index (χ1n) is 8.18. The normalized spacial score (nSPS) is 13.5. The molecule has 1 amide bonds. The zero-order valence-corrected chi connectivity index (χ0v) is 14.7. The first kappa shape index (κ1) is 21.2. The lowest BCUT2D eigenvalue weighted by molar-refractivity contribution is -0.141. The first-order valence-corrected chi connectivity index (χ1v) is 8.18. The van der Waals surface area contributed by atoms with E-state index in [1.165, 1.54) is 31.2 Å². The third kappa shape index (κ3) is 5.45.